The number of pyridine rings is 1. The Morgan fingerprint density at radius 2 is 2.10 bits per heavy atom. The third kappa shape index (κ3) is 2.89. The van der Waals surface area contributed by atoms with E-state index in [1.165, 1.54) is 29.7 Å². The molecule has 0 saturated carbocycles. The number of H-pyrrole nitrogens is 1. The first kappa shape index (κ1) is 14.3. The SMILES string of the molecule is CCc1[nH+]c(NC[C@H]2CCCO2)c(C#N)c2c1CCCC2. The van der Waals surface area contributed by atoms with E-state index in [2.05, 4.69) is 23.3 Å². The van der Waals surface area contributed by atoms with Gasteiger partial charge in [0.15, 0.2) is 0 Å². The highest BCUT2D eigenvalue weighted by Gasteiger charge is 2.26. The van der Waals surface area contributed by atoms with E-state index in [0.29, 0.717) is 0 Å². The van der Waals surface area contributed by atoms with Crippen molar-refractivity contribution in [3.63, 3.8) is 0 Å². The average molecular weight is 286 g/mol. The summed E-state index contributed by atoms with van der Waals surface area (Å²) in [5.41, 5.74) is 4.77. The second-order valence-corrected chi connectivity index (χ2v) is 6.00. The molecule has 2 N–H and O–H groups in total. The summed E-state index contributed by atoms with van der Waals surface area (Å²) in [6, 6.07) is 2.42. The molecule has 1 aliphatic carbocycles. The molecule has 0 amide bonds. The van der Waals surface area contributed by atoms with Crippen molar-refractivity contribution in [2.75, 3.05) is 18.5 Å². The van der Waals surface area contributed by atoms with Crippen LogP contribution in [0.15, 0.2) is 0 Å². The molecule has 1 aromatic heterocycles. The molecule has 0 aromatic carbocycles. The lowest BCUT2D eigenvalue weighted by atomic mass is 9.87. The van der Waals surface area contributed by atoms with Crippen LogP contribution < -0.4 is 10.3 Å². The molecule has 1 saturated heterocycles. The molecule has 3 rings (SSSR count). The largest absolute Gasteiger partial charge is 0.374 e. The van der Waals surface area contributed by atoms with Crippen molar-refractivity contribution in [2.45, 2.75) is 58.0 Å². The minimum Gasteiger partial charge on any atom is -0.374 e. The fourth-order valence-corrected chi connectivity index (χ4v) is 3.53. The van der Waals surface area contributed by atoms with Gasteiger partial charge in [0.1, 0.15) is 23.9 Å². The fourth-order valence-electron chi connectivity index (χ4n) is 3.53. The number of fused-ring (bicyclic) bond motifs is 1. The number of nitrogens with one attached hydrogen (secondary N) is 2. The summed E-state index contributed by atoms with van der Waals surface area (Å²) in [5.74, 6) is 0.894. The summed E-state index contributed by atoms with van der Waals surface area (Å²) < 4.78 is 5.66. The maximum absolute atomic E-state index is 9.59. The van der Waals surface area contributed by atoms with Gasteiger partial charge in [-0.05, 0) is 49.7 Å². The summed E-state index contributed by atoms with van der Waals surface area (Å²) in [7, 11) is 0. The normalized spacial score (nSPS) is 20.9. The van der Waals surface area contributed by atoms with Gasteiger partial charge in [0.25, 0.3) is 5.82 Å². The van der Waals surface area contributed by atoms with E-state index in [1.54, 1.807) is 0 Å². The molecule has 2 heterocycles. The van der Waals surface area contributed by atoms with E-state index in [9.17, 15) is 5.26 Å². The first-order valence-corrected chi connectivity index (χ1v) is 8.19. The predicted molar refractivity (Wildman–Crippen MR) is 81.2 cm³/mol. The molecule has 1 aliphatic heterocycles. The van der Waals surface area contributed by atoms with Crippen molar-refractivity contribution < 1.29 is 9.72 Å². The zero-order chi connectivity index (χ0) is 14.7. The van der Waals surface area contributed by atoms with Gasteiger partial charge in [-0.25, -0.2) is 4.98 Å². The van der Waals surface area contributed by atoms with Gasteiger partial charge in [-0.2, -0.15) is 5.26 Å². The maximum atomic E-state index is 9.59. The number of aromatic amines is 1. The topological polar surface area (TPSA) is 59.2 Å². The van der Waals surface area contributed by atoms with Crippen molar-refractivity contribution in [1.82, 2.24) is 0 Å². The smallest absolute Gasteiger partial charge is 0.290 e. The van der Waals surface area contributed by atoms with Crippen molar-refractivity contribution in [1.29, 1.82) is 5.26 Å². The number of nitrogens with zero attached hydrogens (tertiary/aromatic N) is 1. The zero-order valence-electron chi connectivity index (χ0n) is 12.8. The van der Waals surface area contributed by atoms with Crippen LogP contribution in [0.3, 0.4) is 0 Å². The van der Waals surface area contributed by atoms with E-state index in [4.69, 9.17) is 4.74 Å². The summed E-state index contributed by atoms with van der Waals surface area (Å²) in [5, 5.41) is 13.0. The molecule has 1 fully saturated rings. The summed E-state index contributed by atoms with van der Waals surface area (Å²) >= 11 is 0. The van der Waals surface area contributed by atoms with Crippen LogP contribution in [0, 0.1) is 11.3 Å². The standard InChI is InChI=1S/C17H23N3O/c1-2-16-14-8-4-3-7-13(14)15(10-18)17(20-16)19-11-12-6-5-9-21-12/h12H,2-9,11H2,1H3,(H,19,20)/p+1/t12-/m1/s1. The minimum atomic E-state index is 0.283. The van der Waals surface area contributed by atoms with Gasteiger partial charge in [-0.3, -0.25) is 5.32 Å². The molecule has 1 atom stereocenters. The van der Waals surface area contributed by atoms with Gasteiger partial charge in [-0.15, -0.1) is 0 Å². The highest BCUT2D eigenvalue weighted by atomic mass is 16.5. The van der Waals surface area contributed by atoms with Crippen LogP contribution in [0.2, 0.25) is 0 Å². The number of aromatic nitrogens is 1. The van der Waals surface area contributed by atoms with Crippen molar-refractivity contribution in [3.8, 4) is 6.07 Å². The predicted octanol–water partition coefficient (Wildman–Crippen LogP) is 2.40. The minimum absolute atomic E-state index is 0.283. The Hall–Kier alpha value is -1.60. The lowest BCUT2D eigenvalue weighted by molar-refractivity contribution is -0.374. The molecule has 4 heteroatoms. The number of anilines is 1. The molecule has 112 valence electrons. The van der Waals surface area contributed by atoms with Crippen LogP contribution >= 0.6 is 0 Å². The van der Waals surface area contributed by atoms with E-state index >= 15 is 0 Å². The third-order valence-electron chi connectivity index (χ3n) is 4.66. The molecular weight excluding hydrogens is 262 g/mol. The Kier molecular flexibility index (Phi) is 4.40. The Morgan fingerprint density at radius 1 is 1.29 bits per heavy atom. The number of hydrogen-bond acceptors (Lipinski definition) is 3. The Bertz CT molecular complexity index is 556. The molecule has 4 nitrogen and oxygen atoms in total. The molecule has 0 bridgehead atoms. The summed E-state index contributed by atoms with van der Waals surface area (Å²) in [4.78, 5) is 3.48. The summed E-state index contributed by atoms with van der Waals surface area (Å²) in [6.45, 7) is 3.83. The van der Waals surface area contributed by atoms with E-state index in [1.807, 2.05) is 0 Å². The van der Waals surface area contributed by atoms with Crippen molar-refractivity contribution in [2.24, 2.45) is 0 Å². The molecule has 0 unspecified atom stereocenters. The second kappa shape index (κ2) is 6.44. The van der Waals surface area contributed by atoms with Crippen LogP contribution in [-0.2, 0) is 24.0 Å². The lowest BCUT2D eigenvalue weighted by Crippen LogP contribution is -2.28. The van der Waals surface area contributed by atoms with Crippen LogP contribution in [0.25, 0.3) is 0 Å². The highest BCUT2D eigenvalue weighted by molar-refractivity contribution is 5.56. The van der Waals surface area contributed by atoms with Crippen LogP contribution in [0.1, 0.15) is 55.0 Å². The van der Waals surface area contributed by atoms with Crippen molar-refractivity contribution in [3.05, 3.63) is 22.4 Å². The number of hydrogen-bond donors (Lipinski definition) is 1. The molecule has 0 radical (unpaired) electrons. The number of ether oxygens (including phenoxy) is 1. The van der Waals surface area contributed by atoms with Crippen LogP contribution in [0.5, 0.6) is 0 Å². The molecule has 2 aliphatic rings. The number of rotatable bonds is 4. The Morgan fingerprint density at radius 3 is 2.76 bits per heavy atom. The van der Waals surface area contributed by atoms with Gasteiger partial charge in [0.2, 0.25) is 0 Å². The average Bonchev–Trinajstić information content (AvgIpc) is 3.05. The third-order valence-corrected chi connectivity index (χ3v) is 4.66. The Balaban J connectivity index is 1.89. The van der Waals surface area contributed by atoms with Crippen LogP contribution in [-0.4, -0.2) is 19.3 Å². The lowest BCUT2D eigenvalue weighted by Gasteiger charge is -2.19. The van der Waals surface area contributed by atoms with Gasteiger partial charge < -0.3 is 4.74 Å². The first-order valence-electron chi connectivity index (χ1n) is 8.19. The fraction of sp³-hybridized carbons (Fsp3) is 0.647. The second-order valence-electron chi connectivity index (χ2n) is 6.00. The quantitative estimate of drug-likeness (QED) is 0.924. The molecule has 0 spiro atoms. The van der Waals surface area contributed by atoms with Crippen LogP contribution in [0.4, 0.5) is 5.82 Å². The van der Waals surface area contributed by atoms with Crippen molar-refractivity contribution >= 4 is 5.82 Å². The first-order chi connectivity index (χ1) is 10.3. The maximum Gasteiger partial charge on any atom is 0.290 e. The molecule has 1 aromatic rings. The molecule has 21 heavy (non-hydrogen) atoms. The molecular formula is C17H24N3O+. The van der Waals surface area contributed by atoms with E-state index in [0.717, 1.165) is 56.6 Å². The summed E-state index contributed by atoms with van der Waals surface area (Å²) in [6.07, 6.45) is 8.10. The Labute approximate surface area is 126 Å². The number of nitriles is 1. The highest BCUT2D eigenvalue weighted by Crippen LogP contribution is 2.28. The number of aryl methyl sites for hydroxylation is 1. The van der Waals surface area contributed by atoms with E-state index in [-0.39, 0.29) is 6.10 Å². The van der Waals surface area contributed by atoms with Gasteiger partial charge in [-0.1, -0.05) is 6.92 Å². The van der Waals surface area contributed by atoms with Gasteiger partial charge >= 0.3 is 0 Å². The van der Waals surface area contributed by atoms with Gasteiger partial charge in [0, 0.05) is 13.0 Å². The van der Waals surface area contributed by atoms with E-state index < -0.39 is 0 Å². The van der Waals surface area contributed by atoms with Gasteiger partial charge in [0.05, 0.1) is 6.10 Å². The monoisotopic (exact) mass is 286 g/mol. The zero-order valence-corrected chi connectivity index (χ0v) is 12.8.